The maximum Gasteiger partial charge on any atom is 0.251 e. The molecule has 0 spiro atoms. The minimum atomic E-state index is -0.353. The first-order valence-electron chi connectivity index (χ1n) is 6.24. The Hall–Kier alpha value is -0.610. The number of amides is 1. The second-order valence-electron chi connectivity index (χ2n) is 4.49. The van der Waals surface area contributed by atoms with Crippen LogP contribution in [-0.2, 0) is 9.53 Å². The molecule has 0 aliphatic heterocycles. The summed E-state index contributed by atoms with van der Waals surface area (Å²) in [5, 5.41) is 0. The predicted octanol–water partition coefficient (Wildman–Crippen LogP) is 1.14. The molecule has 1 rings (SSSR count). The van der Waals surface area contributed by atoms with Crippen molar-refractivity contribution in [3.63, 3.8) is 0 Å². The van der Waals surface area contributed by atoms with E-state index in [4.69, 9.17) is 10.5 Å². The lowest BCUT2D eigenvalue weighted by atomic mass is 9.94. The number of hydrogen-bond acceptors (Lipinski definition) is 3. The van der Waals surface area contributed by atoms with Crippen molar-refractivity contribution in [1.82, 2.24) is 4.90 Å². The van der Waals surface area contributed by atoms with E-state index in [0.29, 0.717) is 19.1 Å². The summed E-state index contributed by atoms with van der Waals surface area (Å²) in [5.41, 5.74) is 5.58. The molecule has 1 atom stereocenters. The van der Waals surface area contributed by atoms with Gasteiger partial charge in [0.2, 0.25) is 0 Å². The summed E-state index contributed by atoms with van der Waals surface area (Å²) < 4.78 is 5.10. The van der Waals surface area contributed by atoms with Gasteiger partial charge in [0.1, 0.15) is 6.10 Å². The van der Waals surface area contributed by atoms with Crippen LogP contribution in [0.25, 0.3) is 0 Å². The summed E-state index contributed by atoms with van der Waals surface area (Å²) in [6, 6.07) is 0.377. The average molecular weight is 228 g/mol. The van der Waals surface area contributed by atoms with E-state index in [0.717, 1.165) is 12.8 Å². The molecule has 4 nitrogen and oxygen atoms in total. The Kier molecular flexibility index (Phi) is 5.77. The van der Waals surface area contributed by atoms with Crippen LogP contribution in [0.15, 0.2) is 0 Å². The minimum Gasteiger partial charge on any atom is -0.372 e. The molecule has 0 radical (unpaired) electrons. The topological polar surface area (TPSA) is 55.6 Å². The summed E-state index contributed by atoms with van der Waals surface area (Å²) >= 11 is 0. The van der Waals surface area contributed by atoms with Crippen LogP contribution in [0.4, 0.5) is 0 Å². The van der Waals surface area contributed by atoms with Crippen LogP contribution in [-0.4, -0.2) is 43.2 Å². The summed E-state index contributed by atoms with van der Waals surface area (Å²) in [5.74, 6) is 0.0832. The van der Waals surface area contributed by atoms with E-state index < -0.39 is 0 Å². The Morgan fingerprint density at radius 3 is 2.56 bits per heavy atom. The van der Waals surface area contributed by atoms with Crippen LogP contribution in [0.3, 0.4) is 0 Å². The Bertz CT molecular complexity index is 215. The van der Waals surface area contributed by atoms with Gasteiger partial charge < -0.3 is 15.4 Å². The number of carbonyl (C=O) groups excluding carboxylic acids is 1. The first-order chi connectivity index (χ1) is 7.70. The smallest absolute Gasteiger partial charge is 0.251 e. The number of nitrogens with two attached hydrogens (primary N) is 1. The van der Waals surface area contributed by atoms with Crippen LogP contribution in [0.1, 0.15) is 39.0 Å². The molecule has 0 aromatic heterocycles. The van der Waals surface area contributed by atoms with Crippen LogP contribution in [0.5, 0.6) is 0 Å². The molecule has 4 heteroatoms. The third-order valence-electron chi connectivity index (χ3n) is 3.37. The lowest BCUT2D eigenvalue weighted by Gasteiger charge is -2.35. The molecule has 0 aromatic carbocycles. The highest BCUT2D eigenvalue weighted by atomic mass is 16.5. The monoisotopic (exact) mass is 228 g/mol. The van der Waals surface area contributed by atoms with Crippen molar-refractivity contribution in [3.05, 3.63) is 0 Å². The van der Waals surface area contributed by atoms with Crippen molar-refractivity contribution in [1.29, 1.82) is 0 Å². The SMILES string of the molecule is COC(C)C(=O)N(CCN)C1CCCCC1. The molecule has 2 N–H and O–H groups in total. The summed E-state index contributed by atoms with van der Waals surface area (Å²) in [7, 11) is 1.57. The summed E-state index contributed by atoms with van der Waals surface area (Å²) in [6.45, 7) is 2.98. The van der Waals surface area contributed by atoms with Crippen LogP contribution < -0.4 is 5.73 Å². The zero-order valence-corrected chi connectivity index (χ0v) is 10.4. The van der Waals surface area contributed by atoms with Crippen molar-refractivity contribution in [2.24, 2.45) is 5.73 Å². The fourth-order valence-corrected chi connectivity index (χ4v) is 2.34. The van der Waals surface area contributed by atoms with Crippen molar-refractivity contribution in [3.8, 4) is 0 Å². The van der Waals surface area contributed by atoms with Crippen LogP contribution >= 0.6 is 0 Å². The van der Waals surface area contributed by atoms with Crippen molar-refractivity contribution in [2.45, 2.75) is 51.2 Å². The summed E-state index contributed by atoms with van der Waals surface area (Å²) in [6.07, 6.45) is 5.61. The van der Waals surface area contributed by atoms with Gasteiger partial charge in [-0.05, 0) is 19.8 Å². The quantitative estimate of drug-likeness (QED) is 0.767. The number of hydrogen-bond donors (Lipinski definition) is 1. The number of carbonyl (C=O) groups is 1. The predicted molar refractivity (Wildman–Crippen MR) is 64.1 cm³/mol. The molecule has 0 bridgehead atoms. The largest absolute Gasteiger partial charge is 0.372 e. The lowest BCUT2D eigenvalue weighted by molar-refractivity contribution is -0.143. The first kappa shape index (κ1) is 13.5. The maximum atomic E-state index is 12.1. The van der Waals surface area contributed by atoms with Gasteiger partial charge in [0.15, 0.2) is 0 Å². The molecule has 0 heterocycles. The third-order valence-corrected chi connectivity index (χ3v) is 3.37. The normalized spacial score (nSPS) is 19.4. The minimum absolute atomic E-state index is 0.0832. The van der Waals surface area contributed by atoms with Gasteiger partial charge in [-0.1, -0.05) is 19.3 Å². The highest BCUT2D eigenvalue weighted by Crippen LogP contribution is 2.23. The van der Waals surface area contributed by atoms with Crippen molar-refractivity contribution in [2.75, 3.05) is 20.2 Å². The Morgan fingerprint density at radius 1 is 1.44 bits per heavy atom. The molecule has 1 aliphatic carbocycles. The first-order valence-corrected chi connectivity index (χ1v) is 6.24. The van der Waals surface area contributed by atoms with E-state index in [1.54, 1.807) is 14.0 Å². The molecular formula is C12H24N2O2. The molecule has 1 fully saturated rings. The standard InChI is InChI=1S/C12H24N2O2/c1-10(16-2)12(15)14(9-8-13)11-6-4-3-5-7-11/h10-11H,3-9,13H2,1-2H3. The highest BCUT2D eigenvalue weighted by Gasteiger charge is 2.27. The van der Waals surface area contributed by atoms with Gasteiger partial charge in [0, 0.05) is 26.2 Å². The number of nitrogens with zero attached hydrogens (tertiary/aromatic N) is 1. The van der Waals surface area contributed by atoms with E-state index in [-0.39, 0.29) is 12.0 Å². The van der Waals surface area contributed by atoms with E-state index in [2.05, 4.69) is 0 Å². The van der Waals surface area contributed by atoms with Gasteiger partial charge in [0.25, 0.3) is 5.91 Å². The third kappa shape index (κ3) is 3.46. The average Bonchev–Trinajstić information content (AvgIpc) is 2.35. The van der Waals surface area contributed by atoms with Gasteiger partial charge in [-0.2, -0.15) is 0 Å². The molecular weight excluding hydrogens is 204 g/mol. The van der Waals surface area contributed by atoms with Crippen LogP contribution in [0.2, 0.25) is 0 Å². The second kappa shape index (κ2) is 6.86. The fourth-order valence-electron chi connectivity index (χ4n) is 2.34. The van der Waals surface area contributed by atoms with Gasteiger partial charge in [0.05, 0.1) is 0 Å². The molecule has 1 amide bonds. The molecule has 1 unspecified atom stereocenters. The van der Waals surface area contributed by atoms with E-state index >= 15 is 0 Å². The van der Waals surface area contributed by atoms with Crippen LogP contribution in [0, 0.1) is 0 Å². The molecule has 1 saturated carbocycles. The van der Waals surface area contributed by atoms with E-state index in [1.807, 2.05) is 4.90 Å². The fraction of sp³-hybridized carbons (Fsp3) is 0.917. The number of ether oxygens (including phenoxy) is 1. The van der Waals surface area contributed by atoms with Crippen molar-refractivity contribution < 1.29 is 9.53 Å². The number of rotatable bonds is 5. The zero-order chi connectivity index (χ0) is 12.0. The summed E-state index contributed by atoms with van der Waals surface area (Å²) in [4.78, 5) is 14.0. The van der Waals surface area contributed by atoms with Gasteiger partial charge in [-0.15, -0.1) is 0 Å². The van der Waals surface area contributed by atoms with E-state index in [1.165, 1.54) is 19.3 Å². The molecule has 1 aliphatic rings. The molecule has 16 heavy (non-hydrogen) atoms. The molecule has 0 aromatic rings. The lowest BCUT2D eigenvalue weighted by Crippen LogP contribution is -2.48. The van der Waals surface area contributed by atoms with Crippen molar-refractivity contribution >= 4 is 5.91 Å². The Labute approximate surface area is 98.1 Å². The van der Waals surface area contributed by atoms with Gasteiger partial charge in [-0.3, -0.25) is 4.79 Å². The molecule has 94 valence electrons. The molecule has 0 saturated heterocycles. The highest BCUT2D eigenvalue weighted by molar-refractivity contribution is 5.80. The second-order valence-corrected chi connectivity index (χ2v) is 4.49. The zero-order valence-electron chi connectivity index (χ0n) is 10.4. The maximum absolute atomic E-state index is 12.1. The Balaban J connectivity index is 2.60. The van der Waals surface area contributed by atoms with Gasteiger partial charge in [-0.25, -0.2) is 0 Å². The Morgan fingerprint density at radius 2 is 2.06 bits per heavy atom. The van der Waals surface area contributed by atoms with E-state index in [9.17, 15) is 4.79 Å². The van der Waals surface area contributed by atoms with Gasteiger partial charge >= 0.3 is 0 Å². The number of methoxy groups -OCH3 is 1.